The molecule has 12 atom stereocenters. The van der Waals surface area contributed by atoms with Crippen LogP contribution in [0.5, 0.6) is 40.2 Å². The summed E-state index contributed by atoms with van der Waals surface area (Å²) in [4.78, 5) is 0. The highest BCUT2D eigenvalue weighted by atomic mass is 16.7. The van der Waals surface area contributed by atoms with Crippen LogP contribution in [0.25, 0.3) is 0 Å². The van der Waals surface area contributed by atoms with E-state index in [1.54, 1.807) is 24.3 Å². The number of phenols is 2. The summed E-state index contributed by atoms with van der Waals surface area (Å²) in [5.74, 6) is 10.2. The van der Waals surface area contributed by atoms with Crippen LogP contribution >= 0.6 is 0 Å². The Balaban J connectivity index is 0.000000353. The fraction of sp³-hybridized carbons (Fsp3) is 0.551. The van der Waals surface area contributed by atoms with Crippen molar-refractivity contribution < 1.29 is 52.8 Å². The first kappa shape index (κ1) is 104. The molecule has 0 bridgehead atoms. The number of hydrogen-bond donors (Lipinski definition) is 2. The Bertz CT molecular complexity index is 3470. The van der Waals surface area contributed by atoms with Gasteiger partial charge in [0.25, 0.3) is 0 Å². The van der Waals surface area contributed by atoms with Crippen molar-refractivity contribution in [2.24, 2.45) is 0 Å². The number of aromatic hydroxyl groups is 2. The first-order valence-corrected chi connectivity index (χ1v) is 45.7. The minimum absolute atomic E-state index is 0.160. The van der Waals surface area contributed by atoms with Gasteiger partial charge in [-0.05, 0) is 309 Å². The lowest BCUT2D eigenvalue weighted by atomic mass is 9.98. The van der Waals surface area contributed by atoms with E-state index in [4.69, 9.17) is 52.8 Å². The largest absolute Gasteiger partial charge is 0.508 e. The fourth-order valence-electron chi connectivity index (χ4n) is 13.2. The molecule has 0 amide bonds. The van der Waals surface area contributed by atoms with Crippen molar-refractivity contribution in [2.75, 3.05) is 13.2 Å². The summed E-state index contributed by atoms with van der Waals surface area (Å²) in [5.41, 5.74) is 10.9. The summed E-state index contributed by atoms with van der Waals surface area (Å²) in [7, 11) is 0. The Kier molecular flexibility index (Phi) is 54.4. The first-order chi connectivity index (χ1) is 56.7. The van der Waals surface area contributed by atoms with Crippen molar-refractivity contribution in [3.63, 3.8) is 0 Å². The lowest BCUT2D eigenvalue weighted by Gasteiger charge is -2.26. The van der Waals surface area contributed by atoms with Gasteiger partial charge in [0.2, 0.25) is 0 Å². The van der Waals surface area contributed by atoms with Crippen LogP contribution in [0.3, 0.4) is 0 Å². The van der Waals surface area contributed by atoms with Crippen molar-refractivity contribution in [2.45, 2.75) is 373 Å². The minimum atomic E-state index is -0.181. The van der Waals surface area contributed by atoms with Crippen LogP contribution in [0.1, 0.15) is 374 Å². The van der Waals surface area contributed by atoms with Gasteiger partial charge in [0.1, 0.15) is 40.2 Å². The molecule has 0 spiro atoms. The summed E-state index contributed by atoms with van der Waals surface area (Å²) in [6.07, 6.45) is 22.3. The topological polar surface area (TPSA) is 124 Å². The molecule has 118 heavy (non-hydrogen) atoms. The number of benzene rings is 8. The summed E-state index contributed by atoms with van der Waals surface area (Å²) >= 11 is 0. The Morgan fingerprint density at radius 2 is 0.432 bits per heavy atom. The van der Waals surface area contributed by atoms with Crippen LogP contribution in [-0.2, 0) is 18.9 Å². The molecular weight excluding hydrogens is 1460 g/mol. The van der Waals surface area contributed by atoms with E-state index in [1.807, 2.05) is 104 Å². The molecule has 0 aliphatic heterocycles. The van der Waals surface area contributed by atoms with Gasteiger partial charge in [-0.1, -0.05) is 265 Å². The average molecular weight is 1620 g/mol. The molecule has 0 aromatic heterocycles. The maximum absolute atomic E-state index is 9.01. The summed E-state index contributed by atoms with van der Waals surface area (Å²) < 4.78 is 51.1. The maximum Gasteiger partial charge on any atom is 0.197 e. The summed E-state index contributed by atoms with van der Waals surface area (Å²) in [6, 6.07) is 67.4. The smallest absolute Gasteiger partial charge is 0.197 e. The third-order valence-electron chi connectivity index (χ3n) is 22.7. The highest BCUT2D eigenvalue weighted by Gasteiger charge is 2.20. The predicted molar refractivity (Wildman–Crippen MR) is 500 cm³/mol. The van der Waals surface area contributed by atoms with Gasteiger partial charge < -0.3 is 52.8 Å². The van der Waals surface area contributed by atoms with Crippen LogP contribution in [0.4, 0.5) is 0 Å². The van der Waals surface area contributed by atoms with Crippen molar-refractivity contribution in [3.05, 3.63) is 245 Å². The van der Waals surface area contributed by atoms with Crippen molar-refractivity contribution in [1.82, 2.24) is 0 Å². The van der Waals surface area contributed by atoms with Gasteiger partial charge in [0.05, 0.1) is 18.3 Å². The van der Waals surface area contributed by atoms with Crippen LogP contribution in [0, 0.1) is 0 Å². The molecule has 2 aliphatic rings. The second kappa shape index (κ2) is 61.5. The zero-order valence-corrected chi connectivity index (χ0v) is 77.9. The van der Waals surface area contributed by atoms with E-state index in [1.165, 1.54) is 134 Å². The normalized spacial score (nSPS) is 15.6. The van der Waals surface area contributed by atoms with Gasteiger partial charge >= 0.3 is 0 Å². The Morgan fingerprint density at radius 1 is 0.237 bits per heavy atom. The molecule has 2 fully saturated rings. The molecule has 8 aromatic carbocycles. The molecule has 0 radical (unpaired) electrons. The third-order valence-corrected chi connectivity index (χ3v) is 22.7. The van der Waals surface area contributed by atoms with Gasteiger partial charge in [-0.25, -0.2) is 0 Å². The Morgan fingerprint density at radius 3 is 0.636 bits per heavy atom. The molecule has 2 N–H and O–H groups in total. The number of ether oxygens (including phenoxy) is 9. The number of phenolic OH excluding ortho intramolecular Hbond substituents is 2. The molecular formula is C107H162O11. The van der Waals surface area contributed by atoms with Crippen LogP contribution in [0.2, 0.25) is 0 Å². The lowest BCUT2D eigenvalue weighted by molar-refractivity contribution is -0.117. The first-order valence-electron chi connectivity index (χ1n) is 45.7. The molecule has 2 aliphatic carbocycles. The minimum Gasteiger partial charge on any atom is -0.508 e. The SMILES string of the molecule is CCC(C)c1ccc(O)cc1.CCC(C)c1ccc(O)cc1.CCC(C)c1ccc(OC(C)C)cc1.CCC(C)c1ccc(OC(C)OC2CCCCC2)cc1.CCC(C)c1ccc(OC(C)OC2CCCCC2)cc1.CCC(C)c1ccccc1.CCOC(C)Oc1ccc(C(C)CC)cc1.CCOC(C)Oc1ccc(C(C)CC)cc1. The second-order valence-corrected chi connectivity index (χ2v) is 32.5. The standard InChI is InChI=1S/2C18H28O2.2C14H22O2.C13H20O.2C10H14O.C10H14/c2*1-4-14(2)16-10-12-18(13-11-16)20-15(3)19-17-8-6-5-7-9-17;2*1-5-11(3)13-7-9-14(10-8-13)16-12(4)15-6-2;1-5-11(4)12-6-8-13(9-7-12)14-10(2)3;2*1-3-8(2)9-4-6-10(11)7-5-9;1-3-9(2)10-7-5-4-6-8-10/h2*10-15,17H,4-9H2,1-3H3;2*7-12H,5-6H2,1-4H3;6-11H,5H2,1-4H3;2*4-8,11H,3H2,1-2H3;4-9H,3H2,1-2H3. The molecule has 8 aromatic rings. The predicted octanol–water partition coefficient (Wildman–Crippen LogP) is 31.5. The highest BCUT2D eigenvalue weighted by molar-refractivity contribution is 5.34. The number of rotatable bonds is 34. The Hall–Kier alpha value is -7.80. The van der Waals surface area contributed by atoms with E-state index in [2.05, 4.69) is 238 Å². The van der Waals surface area contributed by atoms with Gasteiger partial charge in [-0.3, -0.25) is 0 Å². The van der Waals surface area contributed by atoms with E-state index < -0.39 is 0 Å². The molecule has 11 heteroatoms. The zero-order valence-electron chi connectivity index (χ0n) is 77.9. The molecule has 656 valence electrons. The molecule has 10 rings (SSSR count). The van der Waals surface area contributed by atoms with E-state index in [-0.39, 0.29) is 31.3 Å². The summed E-state index contributed by atoms with van der Waals surface area (Å²) in [5, 5.41) is 18.0. The van der Waals surface area contributed by atoms with Crippen LogP contribution < -0.4 is 23.7 Å². The molecule has 12 unspecified atom stereocenters. The van der Waals surface area contributed by atoms with Crippen LogP contribution in [-0.4, -0.2) is 66.9 Å². The number of hydrogen-bond acceptors (Lipinski definition) is 11. The van der Waals surface area contributed by atoms with Gasteiger partial charge in [-0.15, -0.1) is 0 Å². The molecule has 0 saturated heterocycles. The van der Waals surface area contributed by atoms with E-state index >= 15 is 0 Å². The monoisotopic (exact) mass is 1620 g/mol. The highest BCUT2D eigenvalue weighted by Crippen LogP contribution is 2.31. The van der Waals surface area contributed by atoms with Crippen molar-refractivity contribution in [3.8, 4) is 40.2 Å². The Labute approximate surface area is 719 Å². The van der Waals surface area contributed by atoms with Gasteiger partial charge in [-0.2, -0.15) is 0 Å². The molecule has 0 heterocycles. The third kappa shape index (κ3) is 44.0. The maximum atomic E-state index is 9.01. The van der Waals surface area contributed by atoms with Crippen molar-refractivity contribution in [1.29, 1.82) is 0 Å². The second-order valence-electron chi connectivity index (χ2n) is 32.5. The van der Waals surface area contributed by atoms with Gasteiger partial charge in [0, 0.05) is 13.2 Å². The van der Waals surface area contributed by atoms with Crippen molar-refractivity contribution >= 4 is 0 Å². The molecule has 2 saturated carbocycles. The zero-order chi connectivity index (χ0) is 87.2. The van der Waals surface area contributed by atoms with E-state index in [0.29, 0.717) is 84.3 Å². The molecule has 11 nitrogen and oxygen atoms in total. The van der Waals surface area contributed by atoms with Gasteiger partial charge in [0.15, 0.2) is 25.2 Å². The van der Waals surface area contributed by atoms with Crippen LogP contribution in [0.15, 0.2) is 200 Å². The van der Waals surface area contributed by atoms with E-state index in [0.717, 1.165) is 54.4 Å². The van der Waals surface area contributed by atoms with E-state index in [9.17, 15) is 0 Å². The summed E-state index contributed by atoms with van der Waals surface area (Å²) in [6.45, 7) is 52.6. The fourth-order valence-corrected chi connectivity index (χ4v) is 13.2. The average Bonchev–Trinajstić information content (AvgIpc) is 0.747. The quantitative estimate of drug-likeness (QED) is 0.0375. The lowest BCUT2D eigenvalue weighted by Crippen LogP contribution is -2.26.